The highest BCUT2D eigenvalue weighted by molar-refractivity contribution is 5.82. The van der Waals surface area contributed by atoms with Crippen molar-refractivity contribution in [3.8, 4) is 0 Å². The molecule has 0 aliphatic heterocycles. The number of hydrazine groups is 1. The molecule has 0 spiro atoms. The maximum Gasteiger partial charge on any atom is 0.255 e. The lowest BCUT2D eigenvalue weighted by molar-refractivity contribution is -0.123. The van der Waals surface area contributed by atoms with Crippen LogP contribution in [0, 0.1) is 0 Å². The van der Waals surface area contributed by atoms with Gasteiger partial charge in [0, 0.05) is 7.05 Å². The van der Waals surface area contributed by atoms with E-state index in [-0.39, 0.29) is 5.91 Å². The fourth-order valence-corrected chi connectivity index (χ4v) is 1.62. The SMILES string of the molecule is CCC(C)c1ccc(C(N)C(=O)NNC)cc1. The third-order valence-electron chi connectivity index (χ3n) is 3.01. The van der Waals surface area contributed by atoms with Crippen molar-refractivity contribution < 1.29 is 4.79 Å². The van der Waals surface area contributed by atoms with Crippen LogP contribution < -0.4 is 16.6 Å². The Morgan fingerprint density at radius 3 is 2.29 bits per heavy atom. The van der Waals surface area contributed by atoms with Crippen LogP contribution in [0.4, 0.5) is 0 Å². The number of nitrogens with one attached hydrogen (secondary N) is 2. The van der Waals surface area contributed by atoms with Gasteiger partial charge >= 0.3 is 0 Å². The molecule has 17 heavy (non-hydrogen) atoms. The number of hydrogen-bond acceptors (Lipinski definition) is 3. The number of benzene rings is 1. The van der Waals surface area contributed by atoms with Gasteiger partial charge in [0.15, 0.2) is 0 Å². The van der Waals surface area contributed by atoms with Gasteiger partial charge in [-0.25, -0.2) is 5.43 Å². The zero-order valence-electron chi connectivity index (χ0n) is 10.7. The third kappa shape index (κ3) is 3.54. The first-order valence-electron chi connectivity index (χ1n) is 5.92. The van der Waals surface area contributed by atoms with Gasteiger partial charge in [-0.15, -0.1) is 0 Å². The van der Waals surface area contributed by atoms with Gasteiger partial charge in [-0.1, -0.05) is 38.1 Å². The molecule has 2 atom stereocenters. The fraction of sp³-hybridized carbons (Fsp3) is 0.462. The molecule has 4 N–H and O–H groups in total. The second-order valence-electron chi connectivity index (χ2n) is 4.19. The van der Waals surface area contributed by atoms with E-state index in [2.05, 4.69) is 24.7 Å². The standard InChI is InChI=1S/C13H21N3O/c1-4-9(2)10-5-7-11(8-6-10)12(14)13(17)16-15-3/h5-9,12,15H,4,14H2,1-3H3,(H,16,17). The molecule has 0 heterocycles. The van der Waals surface area contributed by atoms with Gasteiger partial charge in [0.05, 0.1) is 0 Å². The molecule has 0 saturated heterocycles. The molecule has 0 aliphatic carbocycles. The molecule has 0 fully saturated rings. The molecule has 1 rings (SSSR count). The molecular weight excluding hydrogens is 214 g/mol. The van der Waals surface area contributed by atoms with E-state index in [0.29, 0.717) is 5.92 Å². The molecule has 1 aromatic rings. The Balaban J connectivity index is 2.76. The summed E-state index contributed by atoms with van der Waals surface area (Å²) in [6, 6.07) is 7.28. The van der Waals surface area contributed by atoms with Crippen LogP contribution in [-0.4, -0.2) is 13.0 Å². The van der Waals surface area contributed by atoms with Gasteiger partial charge in [-0.2, -0.15) is 0 Å². The predicted molar refractivity (Wildman–Crippen MR) is 69.3 cm³/mol. The van der Waals surface area contributed by atoms with Gasteiger partial charge in [-0.05, 0) is 23.5 Å². The van der Waals surface area contributed by atoms with E-state index in [1.54, 1.807) is 7.05 Å². The molecule has 0 aliphatic rings. The summed E-state index contributed by atoms with van der Waals surface area (Å²) < 4.78 is 0. The summed E-state index contributed by atoms with van der Waals surface area (Å²) in [5.74, 6) is 0.301. The van der Waals surface area contributed by atoms with Crippen LogP contribution in [-0.2, 0) is 4.79 Å². The van der Waals surface area contributed by atoms with Crippen molar-refractivity contribution >= 4 is 5.91 Å². The summed E-state index contributed by atoms with van der Waals surface area (Å²) in [6.07, 6.45) is 1.10. The number of hydrogen-bond donors (Lipinski definition) is 3. The first-order valence-corrected chi connectivity index (χ1v) is 5.92. The van der Waals surface area contributed by atoms with E-state index in [9.17, 15) is 4.79 Å². The Hall–Kier alpha value is -1.39. The number of carbonyl (C=O) groups is 1. The smallest absolute Gasteiger partial charge is 0.255 e. The van der Waals surface area contributed by atoms with Gasteiger partial charge in [0.1, 0.15) is 6.04 Å². The van der Waals surface area contributed by atoms with E-state index >= 15 is 0 Å². The number of amides is 1. The van der Waals surface area contributed by atoms with Crippen LogP contribution >= 0.6 is 0 Å². The number of nitrogens with two attached hydrogens (primary N) is 1. The van der Waals surface area contributed by atoms with Crippen LogP contribution in [0.5, 0.6) is 0 Å². The van der Waals surface area contributed by atoms with Crippen molar-refractivity contribution in [2.75, 3.05) is 7.05 Å². The molecule has 2 unspecified atom stereocenters. The fourth-order valence-electron chi connectivity index (χ4n) is 1.62. The summed E-state index contributed by atoms with van der Waals surface area (Å²) in [7, 11) is 1.64. The van der Waals surface area contributed by atoms with E-state index in [4.69, 9.17) is 5.73 Å². The minimum absolute atomic E-state index is 0.233. The average molecular weight is 235 g/mol. The molecule has 0 saturated carbocycles. The lowest BCUT2D eigenvalue weighted by atomic mass is 9.96. The summed E-state index contributed by atoms with van der Waals surface area (Å²) >= 11 is 0. The summed E-state index contributed by atoms with van der Waals surface area (Å²) in [4.78, 5) is 11.5. The average Bonchev–Trinajstić information content (AvgIpc) is 2.37. The largest absolute Gasteiger partial charge is 0.316 e. The lowest BCUT2D eigenvalue weighted by Gasteiger charge is -2.14. The highest BCUT2D eigenvalue weighted by Gasteiger charge is 2.15. The van der Waals surface area contributed by atoms with Gasteiger partial charge < -0.3 is 5.73 Å². The zero-order chi connectivity index (χ0) is 12.8. The molecule has 0 aromatic heterocycles. The summed E-state index contributed by atoms with van der Waals surface area (Å²) in [5, 5.41) is 0. The minimum Gasteiger partial charge on any atom is -0.316 e. The van der Waals surface area contributed by atoms with Crippen LogP contribution in [0.15, 0.2) is 24.3 Å². The van der Waals surface area contributed by atoms with E-state index in [1.165, 1.54) is 5.56 Å². The van der Waals surface area contributed by atoms with Crippen molar-refractivity contribution in [3.05, 3.63) is 35.4 Å². The quantitative estimate of drug-likeness (QED) is 0.677. The first-order chi connectivity index (χ1) is 8.10. The van der Waals surface area contributed by atoms with Crippen LogP contribution in [0.25, 0.3) is 0 Å². The molecule has 1 amide bonds. The van der Waals surface area contributed by atoms with E-state index in [1.807, 2.05) is 24.3 Å². The Bertz CT molecular complexity index is 361. The highest BCUT2D eigenvalue weighted by Crippen LogP contribution is 2.20. The molecular formula is C13H21N3O. The second-order valence-corrected chi connectivity index (χ2v) is 4.19. The number of carbonyl (C=O) groups excluding carboxylic acids is 1. The summed E-state index contributed by atoms with van der Waals surface area (Å²) in [5.41, 5.74) is 13.0. The highest BCUT2D eigenvalue weighted by atomic mass is 16.2. The molecule has 94 valence electrons. The molecule has 4 nitrogen and oxygen atoms in total. The monoisotopic (exact) mass is 235 g/mol. The van der Waals surface area contributed by atoms with E-state index < -0.39 is 6.04 Å². The Kier molecular flexibility index (Phi) is 5.12. The first kappa shape index (κ1) is 13.7. The maximum absolute atomic E-state index is 11.5. The lowest BCUT2D eigenvalue weighted by Crippen LogP contribution is -2.40. The Morgan fingerprint density at radius 2 is 1.82 bits per heavy atom. The molecule has 1 aromatic carbocycles. The normalized spacial score (nSPS) is 14.1. The van der Waals surface area contributed by atoms with Crippen LogP contribution in [0.3, 0.4) is 0 Å². The van der Waals surface area contributed by atoms with Gasteiger partial charge in [0.2, 0.25) is 0 Å². The molecule has 0 bridgehead atoms. The molecule has 4 heteroatoms. The third-order valence-corrected chi connectivity index (χ3v) is 3.01. The van der Waals surface area contributed by atoms with Crippen molar-refractivity contribution in [3.63, 3.8) is 0 Å². The Morgan fingerprint density at radius 1 is 1.29 bits per heavy atom. The van der Waals surface area contributed by atoms with Crippen molar-refractivity contribution in [2.45, 2.75) is 32.2 Å². The van der Waals surface area contributed by atoms with Crippen molar-refractivity contribution in [1.82, 2.24) is 10.9 Å². The van der Waals surface area contributed by atoms with Crippen LogP contribution in [0.1, 0.15) is 43.4 Å². The minimum atomic E-state index is -0.631. The second kappa shape index (κ2) is 6.37. The van der Waals surface area contributed by atoms with Crippen LogP contribution in [0.2, 0.25) is 0 Å². The van der Waals surface area contributed by atoms with Crippen molar-refractivity contribution in [2.24, 2.45) is 5.73 Å². The summed E-state index contributed by atoms with van der Waals surface area (Å²) in [6.45, 7) is 4.34. The Labute approximate surface area is 103 Å². The predicted octanol–water partition coefficient (Wildman–Crippen LogP) is 1.45. The van der Waals surface area contributed by atoms with Gasteiger partial charge in [-0.3, -0.25) is 10.2 Å². The zero-order valence-corrected chi connectivity index (χ0v) is 10.7. The van der Waals surface area contributed by atoms with E-state index in [0.717, 1.165) is 12.0 Å². The van der Waals surface area contributed by atoms with Crippen molar-refractivity contribution in [1.29, 1.82) is 0 Å². The topological polar surface area (TPSA) is 67.2 Å². The maximum atomic E-state index is 11.5. The number of rotatable bonds is 5. The van der Waals surface area contributed by atoms with Gasteiger partial charge in [0.25, 0.3) is 5.91 Å². The molecule has 0 radical (unpaired) electrons.